The van der Waals surface area contributed by atoms with Crippen LogP contribution in [-0.4, -0.2) is 34.3 Å². The molecular weight excluding hydrogens is 194 g/mol. The van der Waals surface area contributed by atoms with E-state index < -0.39 is 11.9 Å². The molecule has 2 rings (SSSR count). The predicted octanol–water partition coefficient (Wildman–Crippen LogP) is 0.105. The highest BCUT2D eigenvalue weighted by molar-refractivity contribution is 5.96. The molecule has 2 amide bonds. The minimum atomic E-state index is -0.444. The second-order valence-electron chi connectivity index (χ2n) is 3.64. The maximum absolute atomic E-state index is 11.9. The number of hydrogen-bond acceptors (Lipinski definition) is 2. The average Bonchev–Trinajstić information content (AvgIpc) is 2.88. The Kier molecular flexibility index (Phi) is 2.45. The lowest BCUT2D eigenvalue weighted by atomic mass is 10.2. The van der Waals surface area contributed by atoms with Crippen molar-refractivity contribution in [1.82, 2.24) is 9.88 Å². The number of H-pyrrole nitrogens is 1. The third-order valence-electron chi connectivity index (χ3n) is 2.67. The second kappa shape index (κ2) is 3.76. The standard InChI is InChI=1S/C10H13N3O2/c11-9(14)8-4-2-6-13(8)10(15)7-3-1-5-12-7/h1,3,5,8,12H,2,4,6H2,(H2,11,14)/t8-/m0/s1. The van der Waals surface area contributed by atoms with Gasteiger partial charge in [0.25, 0.3) is 5.91 Å². The summed E-state index contributed by atoms with van der Waals surface area (Å²) < 4.78 is 0. The molecule has 5 nitrogen and oxygen atoms in total. The summed E-state index contributed by atoms with van der Waals surface area (Å²) in [6, 6.07) is 3.00. The first-order valence-electron chi connectivity index (χ1n) is 4.94. The van der Waals surface area contributed by atoms with E-state index in [-0.39, 0.29) is 5.91 Å². The molecule has 1 aliphatic rings. The van der Waals surface area contributed by atoms with E-state index in [1.807, 2.05) is 0 Å². The van der Waals surface area contributed by atoms with E-state index in [9.17, 15) is 9.59 Å². The van der Waals surface area contributed by atoms with Crippen LogP contribution in [-0.2, 0) is 4.79 Å². The number of aromatic nitrogens is 1. The maximum atomic E-state index is 11.9. The van der Waals surface area contributed by atoms with E-state index in [2.05, 4.69) is 4.98 Å². The van der Waals surface area contributed by atoms with E-state index in [0.29, 0.717) is 18.7 Å². The van der Waals surface area contributed by atoms with E-state index in [0.717, 1.165) is 6.42 Å². The van der Waals surface area contributed by atoms with Crippen LogP contribution in [0.4, 0.5) is 0 Å². The number of primary amides is 1. The highest BCUT2D eigenvalue weighted by Crippen LogP contribution is 2.19. The van der Waals surface area contributed by atoms with Crippen LogP contribution in [0.1, 0.15) is 23.3 Å². The van der Waals surface area contributed by atoms with Crippen molar-refractivity contribution in [2.45, 2.75) is 18.9 Å². The molecule has 0 aromatic carbocycles. The van der Waals surface area contributed by atoms with Crippen LogP contribution in [0.5, 0.6) is 0 Å². The Hall–Kier alpha value is -1.78. The van der Waals surface area contributed by atoms with Crippen molar-refractivity contribution in [1.29, 1.82) is 0 Å². The summed E-state index contributed by atoms with van der Waals surface area (Å²) in [4.78, 5) is 27.4. The number of rotatable bonds is 2. The summed E-state index contributed by atoms with van der Waals surface area (Å²) >= 11 is 0. The van der Waals surface area contributed by atoms with Crippen LogP contribution in [0.3, 0.4) is 0 Å². The summed E-state index contributed by atoms with van der Waals surface area (Å²) in [5, 5.41) is 0. The van der Waals surface area contributed by atoms with E-state index in [4.69, 9.17) is 5.73 Å². The van der Waals surface area contributed by atoms with Crippen molar-refractivity contribution < 1.29 is 9.59 Å². The van der Waals surface area contributed by atoms with Gasteiger partial charge in [0.05, 0.1) is 0 Å². The topological polar surface area (TPSA) is 79.2 Å². The fraction of sp³-hybridized carbons (Fsp3) is 0.400. The molecule has 0 radical (unpaired) electrons. The quantitative estimate of drug-likeness (QED) is 0.721. The zero-order chi connectivity index (χ0) is 10.8. The lowest BCUT2D eigenvalue weighted by Gasteiger charge is -2.21. The third-order valence-corrected chi connectivity index (χ3v) is 2.67. The normalized spacial score (nSPS) is 20.5. The highest BCUT2D eigenvalue weighted by atomic mass is 16.2. The van der Waals surface area contributed by atoms with Crippen LogP contribution >= 0.6 is 0 Å². The zero-order valence-corrected chi connectivity index (χ0v) is 8.27. The summed E-state index contributed by atoms with van der Waals surface area (Å²) in [6.45, 7) is 0.603. The van der Waals surface area contributed by atoms with Gasteiger partial charge in [0, 0.05) is 12.7 Å². The minimum absolute atomic E-state index is 0.152. The molecule has 1 aromatic heterocycles. The molecule has 15 heavy (non-hydrogen) atoms. The van der Waals surface area contributed by atoms with Crippen LogP contribution < -0.4 is 5.73 Å². The Bertz CT molecular complexity index is 372. The monoisotopic (exact) mass is 207 g/mol. The molecule has 1 fully saturated rings. The first-order valence-corrected chi connectivity index (χ1v) is 4.94. The maximum Gasteiger partial charge on any atom is 0.270 e. The number of likely N-dealkylation sites (tertiary alicyclic amines) is 1. The highest BCUT2D eigenvalue weighted by Gasteiger charge is 2.33. The number of carbonyl (C=O) groups is 2. The fourth-order valence-corrected chi connectivity index (χ4v) is 1.92. The molecule has 0 aliphatic carbocycles. The van der Waals surface area contributed by atoms with Gasteiger partial charge in [0.15, 0.2) is 0 Å². The first-order chi connectivity index (χ1) is 7.20. The van der Waals surface area contributed by atoms with Gasteiger partial charge in [-0.3, -0.25) is 9.59 Å². The van der Waals surface area contributed by atoms with Crippen molar-refractivity contribution in [3.05, 3.63) is 24.0 Å². The second-order valence-corrected chi connectivity index (χ2v) is 3.64. The van der Waals surface area contributed by atoms with Crippen molar-refractivity contribution in [3.63, 3.8) is 0 Å². The van der Waals surface area contributed by atoms with Gasteiger partial charge in [-0.2, -0.15) is 0 Å². The van der Waals surface area contributed by atoms with Gasteiger partial charge in [-0.05, 0) is 25.0 Å². The molecule has 1 saturated heterocycles. The molecule has 2 heterocycles. The molecule has 1 aromatic rings. The molecular formula is C10H13N3O2. The molecule has 1 atom stereocenters. The summed E-state index contributed by atoms with van der Waals surface area (Å²) in [5.41, 5.74) is 5.74. The van der Waals surface area contributed by atoms with Crippen LogP contribution in [0.15, 0.2) is 18.3 Å². The molecule has 0 bridgehead atoms. The molecule has 5 heteroatoms. The summed E-state index contributed by atoms with van der Waals surface area (Å²) in [5.74, 6) is -0.575. The van der Waals surface area contributed by atoms with E-state index in [1.165, 1.54) is 4.90 Å². The van der Waals surface area contributed by atoms with Crippen molar-refractivity contribution in [2.75, 3.05) is 6.54 Å². The molecule has 80 valence electrons. The molecule has 0 saturated carbocycles. The molecule has 0 spiro atoms. The Morgan fingerprint density at radius 2 is 2.33 bits per heavy atom. The van der Waals surface area contributed by atoms with Gasteiger partial charge >= 0.3 is 0 Å². The smallest absolute Gasteiger partial charge is 0.270 e. The fourth-order valence-electron chi connectivity index (χ4n) is 1.92. The average molecular weight is 207 g/mol. The zero-order valence-electron chi connectivity index (χ0n) is 8.27. The predicted molar refractivity (Wildman–Crippen MR) is 54.0 cm³/mol. The van der Waals surface area contributed by atoms with Crippen LogP contribution in [0, 0.1) is 0 Å². The largest absolute Gasteiger partial charge is 0.368 e. The van der Waals surface area contributed by atoms with Crippen molar-refractivity contribution in [2.24, 2.45) is 5.73 Å². The first kappa shape index (κ1) is 9.76. The van der Waals surface area contributed by atoms with Crippen LogP contribution in [0.2, 0.25) is 0 Å². The van der Waals surface area contributed by atoms with Crippen molar-refractivity contribution >= 4 is 11.8 Å². The lowest BCUT2D eigenvalue weighted by molar-refractivity contribution is -0.121. The summed E-state index contributed by atoms with van der Waals surface area (Å²) in [7, 11) is 0. The van der Waals surface area contributed by atoms with Gasteiger partial charge in [0.2, 0.25) is 5.91 Å². The van der Waals surface area contributed by atoms with Gasteiger partial charge in [-0.1, -0.05) is 0 Å². The van der Waals surface area contributed by atoms with Gasteiger partial charge in [-0.15, -0.1) is 0 Å². The Balaban J connectivity index is 2.17. The number of aromatic amines is 1. The number of nitrogens with zero attached hydrogens (tertiary/aromatic N) is 1. The summed E-state index contributed by atoms with van der Waals surface area (Å²) in [6.07, 6.45) is 3.18. The SMILES string of the molecule is NC(=O)[C@@H]1CCCN1C(=O)c1ccc[nH]1. The lowest BCUT2D eigenvalue weighted by Crippen LogP contribution is -2.43. The number of amides is 2. The number of nitrogens with one attached hydrogen (secondary N) is 1. The number of hydrogen-bond donors (Lipinski definition) is 2. The van der Waals surface area contributed by atoms with Gasteiger partial charge in [0.1, 0.15) is 11.7 Å². The van der Waals surface area contributed by atoms with Gasteiger partial charge in [-0.25, -0.2) is 0 Å². The number of nitrogens with two attached hydrogens (primary N) is 1. The van der Waals surface area contributed by atoms with E-state index >= 15 is 0 Å². The van der Waals surface area contributed by atoms with Crippen molar-refractivity contribution in [3.8, 4) is 0 Å². The van der Waals surface area contributed by atoms with E-state index in [1.54, 1.807) is 18.3 Å². The third kappa shape index (κ3) is 1.72. The molecule has 0 unspecified atom stereocenters. The Morgan fingerprint density at radius 3 is 2.93 bits per heavy atom. The molecule has 1 aliphatic heterocycles. The molecule has 3 N–H and O–H groups in total. The minimum Gasteiger partial charge on any atom is -0.368 e. The Labute approximate surface area is 87.2 Å². The number of carbonyl (C=O) groups excluding carboxylic acids is 2. The Morgan fingerprint density at radius 1 is 1.53 bits per heavy atom. The van der Waals surface area contributed by atoms with Gasteiger partial charge < -0.3 is 15.6 Å². The van der Waals surface area contributed by atoms with Crippen LogP contribution in [0.25, 0.3) is 0 Å².